The Morgan fingerprint density at radius 2 is 1.58 bits per heavy atom. The van der Waals surface area contributed by atoms with Gasteiger partial charge >= 0.3 is 5.97 Å². The minimum atomic E-state index is -0.651. The molecule has 1 amide bonds. The van der Waals surface area contributed by atoms with Crippen molar-refractivity contribution >= 4 is 17.6 Å². The van der Waals surface area contributed by atoms with Crippen molar-refractivity contribution < 1.29 is 19.1 Å². The first kappa shape index (κ1) is 21.8. The summed E-state index contributed by atoms with van der Waals surface area (Å²) in [5.41, 5.74) is 3.01. The van der Waals surface area contributed by atoms with E-state index < -0.39 is 18.5 Å². The van der Waals surface area contributed by atoms with Crippen LogP contribution in [0.3, 0.4) is 0 Å². The first-order chi connectivity index (χ1) is 16.2. The largest absolute Gasteiger partial charge is 0.455 e. The maximum Gasteiger partial charge on any atom is 0.342 e. The molecule has 1 aromatic heterocycles. The van der Waals surface area contributed by atoms with Crippen LogP contribution in [0.5, 0.6) is 11.5 Å². The van der Waals surface area contributed by atoms with Crippen molar-refractivity contribution in [3.8, 4) is 11.5 Å². The van der Waals surface area contributed by atoms with E-state index >= 15 is 0 Å². The normalized spacial score (nSPS) is 10.3. The second-order valence-electron chi connectivity index (χ2n) is 7.23. The first-order valence-electron chi connectivity index (χ1n) is 10.4. The van der Waals surface area contributed by atoms with Gasteiger partial charge in [-0.1, -0.05) is 60.7 Å². The van der Waals surface area contributed by atoms with E-state index in [0.29, 0.717) is 23.6 Å². The number of hydrogen-bond donors (Lipinski definition) is 1. The third kappa shape index (κ3) is 6.04. The quantitative estimate of drug-likeness (QED) is 0.380. The Morgan fingerprint density at radius 3 is 2.39 bits per heavy atom. The van der Waals surface area contributed by atoms with Crippen molar-refractivity contribution in [2.45, 2.75) is 6.42 Å². The number of nitrogens with zero attached hydrogens (tertiary/aromatic N) is 1. The highest BCUT2D eigenvalue weighted by Crippen LogP contribution is 2.25. The molecule has 164 valence electrons. The number of aromatic nitrogens is 1. The molecule has 3 aromatic carbocycles. The molecule has 0 aliphatic rings. The smallest absolute Gasteiger partial charge is 0.342 e. The maximum absolute atomic E-state index is 12.6. The van der Waals surface area contributed by atoms with Crippen molar-refractivity contribution in [3.63, 3.8) is 0 Å². The minimum Gasteiger partial charge on any atom is -0.455 e. The number of amides is 1. The molecule has 6 heteroatoms. The van der Waals surface area contributed by atoms with E-state index in [2.05, 4.69) is 10.3 Å². The van der Waals surface area contributed by atoms with Gasteiger partial charge in [-0.15, -0.1) is 0 Å². The highest BCUT2D eigenvalue weighted by atomic mass is 16.5. The highest BCUT2D eigenvalue weighted by Gasteiger charge is 2.16. The van der Waals surface area contributed by atoms with Crippen LogP contribution in [0, 0.1) is 0 Å². The van der Waals surface area contributed by atoms with E-state index in [4.69, 9.17) is 9.47 Å². The molecular formula is C27H22N2O4. The summed E-state index contributed by atoms with van der Waals surface area (Å²) in [6, 6.07) is 27.7. The van der Waals surface area contributed by atoms with Crippen molar-refractivity contribution in [1.29, 1.82) is 0 Å². The third-order valence-corrected chi connectivity index (χ3v) is 4.83. The van der Waals surface area contributed by atoms with Crippen LogP contribution < -0.4 is 10.1 Å². The number of pyridine rings is 1. The second-order valence-corrected chi connectivity index (χ2v) is 7.23. The summed E-state index contributed by atoms with van der Waals surface area (Å²) in [4.78, 5) is 29.1. The summed E-state index contributed by atoms with van der Waals surface area (Å²) in [6.45, 7) is -0.417. The van der Waals surface area contributed by atoms with Crippen LogP contribution in [0.2, 0.25) is 0 Å². The molecular weight excluding hydrogens is 416 g/mol. The van der Waals surface area contributed by atoms with Gasteiger partial charge in [-0.3, -0.25) is 9.78 Å². The van der Waals surface area contributed by atoms with Gasteiger partial charge in [0, 0.05) is 11.9 Å². The molecule has 1 N–H and O–H groups in total. The van der Waals surface area contributed by atoms with Crippen LogP contribution in [0.15, 0.2) is 103 Å². The zero-order valence-electron chi connectivity index (χ0n) is 17.8. The Labute approximate surface area is 191 Å². The molecule has 1 heterocycles. The monoisotopic (exact) mass is 438 g/mol. The number of ether oxygens (including phenoxy) is 2. The molecule has 0 fully saturated rings. The first-order valence-corrected chi connectivity index (χ1v) is 10.4. The predicted molar refractivity (Wildman–Crippen MR) is 125 cm³/mol. The number of carbonyl (C=O) groups excluding carboxylic acids is 2. The molecule has 0 radical (unpaired) electrons. The number of nitrogens with one attached hydrogen (secondary N) is 1. The van der Waals surface area contributed by atoms with Crippen molar-refractivity contribution in [1.82, 2.24) is 4.98 Å². The number of para-hydroxylation sites is 2. The van der Waals surface area contributed by atoms with Gasteiger partial charge in [0.2, 0.25) is 0 Å². The lowest BCUT2D eigenvalue weighted by atomic mass is 10.0. The lowest BCUT2D eigenvalue weighted by Gasteiger charge is -2.13. The third-order valence-electron chi connectivity index (χ3n) is 4.83. The van der Waals surface area contributed by atoms with E-state index in [1.54, 1.807) is 48.8 Å². The molecule has 0 unspecified atom stereocenters. The van der Waals surface area contributed by atoms with Crippen LogP contribution in [-0.2, 0) is 16.0 Å². The van der Waals surface area contributed by atoms with Crippen LogP contribution in [-0.4, -0.2) is 23.5 Å². The van der Waals surface area contributed by atoms with E-state index in [1.165, 1.54) is 0 Å². The lowest BCUT2D eigenvalue weighted by Crippen LogP contribution is -2.21. The standard InChI is InChI=1S/C27H22N2O4/c30-26(29-24-14-6-4-11-21(24)17-20-9-2-1-3-10-20)19-32-27(31)23-13-5-7-15-25(23)33-22-12-8-16-28-18-22/h1-16,18H,17,19H2,(H,29,30). The molecule has 6 nitrogen and oxygen atoms in total. The van der Waals surface area contributed by atoms with Crippen LogP contribution in [0.1, 0.15) is 21.5 Å². The summed E-state index contributed by atoms with van der Waals surface area (Å²) in [6.07, 6.45) is 3.85. The number of rotatable bonds is 8. The average Bonchev–Trinajstić information content (AvgIpc) is 2.85. The van der Waals surface area contributed by atoms with Crippen molar-refractivity contribution in [2.75, 3.05) is 11.9 Å². The number of carbonyl (C=O) groups is 2. The number of benzene rings is 3. The van der Waals surface area contributed by atoms with E-state index in [0.717, 1.165) is 11.1 Å². The van der Waals surface area contributed by atoms with Gasteiger partial charge in [-0.05, 0) is 47.9 Å². The van der Waals surface area contributed by atoms with Crippen molar-refractivity contribution in [2.24, 2.45) is 0 Å². The van der Waals surface area contributed by atoms with Crippen LogP contribution in [0.25, 0.3) is 0 Å². The molecule has 0 saturated carbocycles. The number of esters is 1. The molecule has 0 saturated heterocycles. The van der Waals surface area contributed by atoms with Crippen molar-refractivity contribution in [3.05, 3.63) is 120 Å². The summed E-state index contributed by atoms with van der Waals surface area (Å²) in [7, 11) is 0. The van der Waals surface area contributed by atoms with Crippen LogP contribution in [0.4, 0.5) is 5.69 Å². The van der Waals surface area contributed by atoms with Gasteiger partial charge in [0.15, 0.2) is 6.61 Å². The zero-order valence-corrected chi connectivity index (χ0v) is 17.8. The van der Waals surface area contributed by atoms with Gasteiger partial charge in [-0.25, -0.2) is 4.79 Å². The fourth-order valence-electron chi connectivity index (χ4n) is 3.27. The summed E-state index contributed by atoms with van der Waals surface area (Å²) < 4.78 is 11.0. The average molecular weight is 438 g/mol. The molecule has 0 atom stereocenters. The van der Waals surface area contributed by atoms with Gasteiger partial charge in [0.25, 0.3) is 5.91 Å². The van der Waals surface area contributed by atoms with E-state index in [1.807, 2.05) is 54.6 Å². The van der Waals surface area contributed by atoms with E-state index in [9.17, 15) is 9.59 Å². The minimum absolute atomic E-state index is 0.221. The second kappa shape index (κ2) is 10.7. The molecule has 4 rings (SSSR count). The fraction of sp³-hybridized carbons (Fsp3) is 0.0741. The Hall–Kier alpha value is -4.45. The Balaban J connectivity index is 1.38. The topological polar surface area (TPSA) is 77.5 Å². The molecule has 4 aromatic rings. The molecule has 0 bridgehead atoms. The summed E-state index contributed by atoms with van der Waals surface area (Å²) >= 11 is 0. The van der Waals surface area contributed by atoms with Gasteiger partial charge < -0.3 is 14.8 Å². The lowest BCUT2D eigenvalue weighted by molar-refractivity contribution is -0.119. The van der Waals surface area contributed by atoms with Crippen LogP contribution >= 0.6 is 0 Å². The fourth-order valence-corrected chi connectivity index (χ4v) is 3.27. The molecule has 0 spiro atoms. The number of anilines is 1. The van der Waals surface area contributed by atoms with Gasteiger partial charge in [0.1, 0.15) is 17.1 Å². The number of hydrogen-bond acceptors (Lipinski definition) is 5. The molecule has 0 aliphatic heterocycles. The zero-order chi connectivity index (χ0) is 22.9. The van der Waals surface area contributed by atoms with E-state index in [-0.39, 0.29) is 5.56 Å². The molecule has 33 heavy (non-hydrogen) atoms. The summed E-state index contributed by atoms with van der Waals surface area (Å²) in [5.74, 6) is -0.258. The van der Waals surface area contributed by atoms with Gasteiger partial charge in [-0.2, -0.15) is 0 Å². The highest BCUT2D eigenvalue weighted by molar-refractivity contribution is 5.97. The Bertz CT molecular complexity index is 1230. The maximum atomic E-state index is 12.6. The molecule has 0 aliphatic carbocycles. The summed E-state index contributed by atoms with van der Waals surface area (Å²) in [5, 5.41) is 2.84. The Kier molecular flexibility index (Phi) is 7.08. The SMILES string of the molecule is O=C(COC(=O)c1ccccc1Oc1cccnc1)Nc1ccccc1Cc1ccccc1. The predicted octanol–water partition coefficient (Wildman–Crippen LogP) is 5.26. The van der Waals surface area contributed by atoms with Gasteiger partial charge in [0.05, 0.1) is 6.20 Å². The Morgan fingerprint density at radius 1 is 0.818 bits per heavy atom.